The molecule has 118 valence electrons. The minimum atomic E-state index is -3.64. The largest absolute Gasteiger partial charge is 0.469 e. The molecule has 1 saturated heterocycles. The summed E-state index contributed by atoms with van der Waals surface area (Å²) in [6.45, 7) is 0.414. The first-order chi connectivity index (χ1) is 9.86. The second-order valence-electron chi connectivity index (χ2n) is 4.73. The summed E-state index contributed by atoms with van der Waals surface area (Å²) < 4.78 is 32.3. The van der Waals surface area contributed by atoms with E-state index in [1.165, 1.54) is 17.5 Å². The molecule has 0 aromatic carbocycles. The zero-order chi connectivity index (χ0) is 15.6. The maximum absolute atomic E-state index is 12.7. The minimum absolute atomic E-state index is 0.0794. The Balaban J connectivity index is 2.29. The van der Waals surface area contributed by atoms with Gasteiger partial charge < -0.3 is 4.74 Å². The van der Waals surface area contributed by atoms with E-state index in [9.17, 15) is 13.2 Å². The molecule has 1 atom stereocenters. The minimum Gasteiger partial charge on any atom is -0.469 e. The van der Waals surface area contributed by atoms with Gasteiger partial charge in [0, 0.05) is 12.6 Å². The van der Waals surface area contributed by atoms with E-state index in [1.54, 1.807) is 0 Å². The number of sulfonamides is 1. The predicted molar refractivity (Wildman–Crippen MR) is 85.2 cm³/mol. The van der Waals surface area contributed by atoms with Crippen molar-refractivity contribution in [3.8, 4) is 0 Å². The summed E-state index contributed by atoms with van der Waals surface area (Å²) >= 11 is 10.2. The van der Waals surface area contributed by atoms with Gasteiger partial charge in [0.2, 0.25) is 0 Å². The Bertz CT molecular complexity index is 612. The first kappa shape index (κ1) is 17.2. The topological polar surface area (TPSA) is 63.7 Å². The zero-order valence-electron chi connectivity index (χ0n) is 11.3. The Labute approximate surface area is 141 Å². The van der Waals surface area contributed by atoms with Gasteiger partial charge in [-0.1, -0.05) is 18.0 Å². The number of ether oxygens (including phenoxy) is 1. The fourth-order valence-corrected chi connectivity index (χ4v) is 6.56. The number of carbonyl (C=O) groups is 1. The standard InChI is InChI=1S/C12H15BrClNO4S2/c1-19-10(16)6-8-4-2-3-5-15(8)21(17,18)11-7-9(14)12(13)20-11/h7-8H,2-6H2,1H3. The lowest BCUT2D eigenvalue weighted by atomic mass is 10.0. The third-order valence-electron chi connectivity index (χ3n) is 3.39. The lowest BCUT2D eigenvalue weighted by Gasteiger charge is -2.33. The van der Waals surface area contributed by atoms with E-state index in [0.717, 1.165) is 24.2 Å². The average Bonchev–Trinajstić information content (AvgIpc) is 2.80. The molecule has 0 saturated carbocycles. The van der Waals surface area contributed by atoms with Crippen molar-refractivity contribution in [2.45, 2.75) is 35.9 Å². The molecule has 0 radical (unpaired) electrons. The smallest absolute Gasteiger partial charge is 0.307 e. The van der Waals surface area contributed by atoms with E-state index in [2.05, 4.69) is 20.7 Å². The monoisotopic (exact) mass is 415 g/mol. The van der Waals surface area contributed by atoms with Crippen molar-refractivity contribution in [2.75, 3.05) is 13.7 Å². The maximum Gasteiger partial charge on any atom is 0.307 e. The van der Waals surface area contributed by atoms with Gasteiger partial charge in [-0.25, -0.2) is 8.42 Å². The van der Waals surface area contributed by atoms with Crippen LogP contribution in [0, 0.1) is 0 Å². The van der Waals surface area contributed by atoms with Crippen LogP contribution in [0.2, 0.25) is 5.02 Å². The number of esters is 1. The van der Waals surface area contributed by atoms with E-state index >= 15 is 0 Å². The van der Waals surface area contributed by atoms with Crippen molar-refractivity contribution in [2.24, 2.45) is 0 Å². The number of halogens is 2. The Morgan fingerprint density at radius 1 is 1.57 bits per heavy atom. The van der Waals surface area contributed by atoms with Gasteiger partial charge in [0.25, 0.3) is 10.0 Å². The van der Waals surface area contributed by atoms with Crippen LogP contribution in [0.1, 0.15) is 25.7 Å². The van der Waals surface area contributed by atoms with E-state index in [-0.39, 0.29) is 16.7 Å². The number of rotatable bonds is 4. The van der Waals surface area contributed by atoms with Crippen molar-refractivity contribution >= 4 is 54.9 Å². The molecule has 0 spiro atoms. The number of hydrogen-bond donors (Lipinski definition) is 0. The number of hydrogen-bond acceptors (Lipinski definition) is 5. The highest BCUT2D eigenvalue weighted by Crippen LogP contribution is 2.37. The highest BCUT2D eigenvalue weighted by atomic mass is 79.9. The SMILES string of the molecule is COC(=O)CC1CCCCN1S(=O)(=O)c1cc(Cl)c(Br)s1. The molecule has 9 heteroatoms. The normalized spacial score (nSPS) is 20.4. The molecule has 1 aromatic heterocycles. The van der Waals surface area contributed by atoms with Crippen molar-refractivity contribution in [3.05, 3.63) is 14.9 Å². The number of carbonyl (C=O) groups excluding carboxylic acids is 1. The van der Waals surface area contributed by atoms with E-state index in [0.29, 0.717) is 21.8 Å². The molecule has 1 fully saturated rings. The summed E-state index contributed by atoms with van der Waals surface area (Å²) in [4.78, 5) is 11.5. The average molecular weight is 417 g/mol. The summed E-state index contributed by atoms with van der Waals surface area (Å²) in [5, 5.41) is 0.375. The van der Waals surface area contributed by atoms with Crippen LogP contribution in [0.15, 0.2) is 14.1 Å². The molecule has 5 nitrogen and oxygen atoms in total. The van der Waals surface area contributed by atoms with Crippen molar-refractivity contribution in [1.82, 2.24) is 4.31 Å². The number of nitrogens with zero attached hydrogens (tertiary/aromatic N) is 1. The maximum atomic E-state index is 12.7. The molecule has 0 aliphatic carbocycles. The Kier molecular flexibility index (Phi) is 5.70. The van der Waals surface area contributed by atoms with Crippen LogP contribution in [0.4, 0.5) is 0 Å². The first-order valence-corrected chi connectivity index (χ1v) is 9.82. The van der Waals surface area contributed by atoms with Crippen molar-refractivity contribution in [3.63, 3.8) is 0 Å². The highest BCUT2D eigenvalue weighted by molar-refractivity contribution is 9.11. The van der Waals surface area contributed by atoms with Crippen molar-refractivity contribution < 1.29 is 17.9 Å². The van der Waals surface area contributed by atoms with Gasteiger partial charge in [-0.05, 0) is 34.8 Å². The molecule has 0 bridgehead atoms. The van der Waals surface area contributed by atoms with Crippen LogP contribution in [-0.2, 0) is 19.6 Å². The summed E-state index contributed by atoms with van der Waals surface area (Å²) in [6.07, 6.45) is 2.43. The van der Waals surface area contributed by atoms with E-state index in [4.69, 9.17) is 11.6 Å². The molecule has 0 amide bonds. The van der Waals surface area contributed by atoms with Crippen LogP contribution >= 0.6 is 38.9 Å². The lowest BCUT2D eigenvalue weighted by molar-refractivity contribution is -0.141. The second kappa shape index (κ2) is 6.95. The third kappa shape index (κ3) is 3.79. The molecule has 2 heterocycles. The number of methoxy groups -OCH3 is 1. The van der Waals surface area contributed by atoms with E-state index in [1.807, 2.05) is 0 Å². The van der Waals surface area contributed by atoms with Crippen molar-refractivity contribution in [1.29, 1.82) is 0 Å². The molecule has 1 aliphatic heterocycles. The summed E-state index contributed by atoms with van der Waals surface area (Å²) in [5.41, 5.74) is 0. The third-order valence-corrected chi connectivity index (χ3v) is 8.26. The molecular formula is C12H15BrClNO4S2. The van der Waals surface area contributed by atoms with Gasteiger partial charge in [0.1, 0.15) is 4.21 Å². The zero-order valence-corrected chi connectivity index (χ0v) is 15.3. The molecule has 0 N–H and O–H groups in total. The van der Waals surface area contributed by atoms with Gasteiger partial charge in [0.15, 0.2) is 0 Å². The molecule has 1 unspecified atom stereocenters. The summed E-state index contributed by atoms with van der Waals surface area (Å²) in [7, 11) is -2.33. The fraction of sp³-hybridized carbons (Fsp3) is 0.583. The Morgan fingerprint density at radius 3 is 2.86 bits per heavy atom. The second-order valence-corrected chi connectivity index (χ2v) is 9.63. The van der Waals surface area contributed by atoms with Crippen LogP contribution < -0.4 is 0 Å². The number of piperidine rings is 1. The van der Waals surface area contributed by atoms with Gasteiger partial charge >= 0.3 is 5.97 Å². The van der Waals surface area contributed by atoms with Gasteiger partial charge in [-0.3, -0.25) is 4.79 Å². The predicted octanol–water partition coefficient (Wildman–Crippen LogP) is 3.27. The van der Waals surface area contributed by atoms with Crippen LogP contribution in [-0.4, -0.2) is 38.4 Å². The van der Waals surface area contributed by atoms with Gasteiger partial charge in [-0.2, -0.15) is 4.31 Å². The van der Waals surface area contributed by atoms with Gasteiger partial charge in [0.05, 0.1) is 22.3 Å². The summed E-state index contributed by atoms with van der Waals surface area (Å²) in [5.74, 6) is -0.396. The Hall–Kier alpha value is -0.150. The molecular weight excluding hydrogens is 402 g/mol. The quantitative estimate of drug-likeness (QED) is 0.707. The molecule has 1 aromatic rings. The molecule has 1 aliphatic rings. The van der Waals surface area contributed by atoms with Crippen LogP contribution in [0.5, 0.6) is 0 Å². The molecule has 21 heavy (non-hydrogen) atoms. The van der Waals surface area contributed by atoms with Crippen LogP contribution in [0.3, 0.4) is 0 Å². The highest BCUT2D eigenvalue weighted by Gasteiger charge is 2.36. The lowest BCUT2D eigenvalue weighted by Crippen LogP contribution is -2.44. The van der Waals surface area contributed by atoms with Crippen LogP contribution in [0.25, 0.3) is 0 Å². The van der Waals surface area contributed by atoms with Gasteiger partial charge in [-0.15, -0.1) is 11.3 Å². The first-order valence-electron chi connectivity index (χ1n) is 6.39. The number of thiophene rings is 1. The fourth-order valence-electron chi connectivity index (χ4n) is 2.34. The van der Waals surface area contributed by atoms with E-state index < -0.39 is 16.0 Å². The Morgan fingerprint density at radius 2 is 2.29 bits per heavy atom. The summed E-state index contributed by atoms with van der Waals surface area (Å²) in [6, 6.07) is 1.09. The molecule has 2 rings (SSSR count).